The number of carbonyl (C=O) groups excluding carboxylic acids is 2. The molecule has 0 radical (unpaired) electrons. The Morgan fingerprint density at radius 1 is 1.03 bits per heavy atom. The average molecular weight is 414 g/mol. The molecule has 0 aliphatic carbocycles. The minimum Gasteiger partial charge on any atom is -0.464 e. The van der Waals surface area contributed by atoms with E-state index in [-0.39, 0.29) is 6.61 Å². The summed E-state index contributed by atoms with van der Waals surface area (Å²) in [6, 6.07) is 19.7. The molecule has 2 aromatic carbocycles. The van der Waals surface area contributed by atoms with Gasteiger partial charge in [-0.1, -0.05) is 48.5 Å². The number of pyridine rings is 1. The van der Waals surface area contributed by atoms with Crippen LogP contribution in [0.25, 0.3) is 16.7 Å². The highest BCUT2D eigenvalue weighted by Gasteiger charge is 2.26. The van der Waals surface area contributed by atoms with Crippen molar-refractivity contribution in [1.29, 1.82) is 0 Å². The molecule has 7 heteroatoms. The lowest BCUT2D eigenvalue weighted by Gasteiger charge is -2.17. The molecule has 2 heterocycles. The fraction of sp³-hybridized carbons (Fsp3) is 0.167. The standard InChI is InChI=1S/C24H22N4O3/c1-3-31-24(30)22(18-10-5-4-6-11-18)27-23(29)19-15-25-28(16(19)2)21-14-13-17-9-7-8-12-20(17)26-21/h4-15,22H,3H2,1-2H3,(H,27,29). The maximum atomic E-state index is 13.0. The number of ether oxygens (including phenoxy) is 1. The molecule has 0 aliphatic rings. The molecule has 1 amide bonds. The second kappa shape index (κ2) is 8.79. The van der Waals surface area contributed by atoms with Crippen molar-refractivity contribution in [3.63, 3.8) is 0 Å². The number of hydrogen-bond donors (Lipinski definition) is 1. The summed E-state index contributed by atoms with van der Waals surface area (Å²) in [7, 11) is 0. The van der Waals surface area contributed by atoms with Gasteiger partial charge in [0, 0.05) is 5.39 Å². The van der Waals surface area contributed by atoms with Crippen LogP contribution in [0.3, 0.4) is 0 Å². The highest BCUT2D eigenvalue weighted by Crippen LogP contribution is 2.19. The minimum absolute atomic E-state index is 0.225. The molecule has 1 N–H and O–H groups in total. The van der Waals surface area contributed by atoms with Crippen molar-refractivity contribution in [3.8, 4) is 5.82 Å². The number of rotatable bonds is 6. The molecule has 4 rings (SSSR count). The molecule has 0 saturated carbocycles. The first-order chi connectivity index (χ1) is 15.1. The molecule has 156 valence electrons. The second-order valence-corrected chi connectivity index (χ2v) is 6.99. The zero-order valence-electron chi connectivity index (χ0n) is 17.3. The number of benzene rings is 2. The van der Waals surface area contributed by atoms with E-state index >= 15 is 0 Å². The quantitative estimate of drug-likeness (QED) is 0.486. The maximum Gasteiger partial charge on any atom is 0.333 e. The highest BCUT2D eigenvalue weighted by molar-refractivity contribution is 5.98. The molecule has 1 atom stereocenters. The summed E-state index contributed by atoms with van der Waals surface area (Å²) >= 11 is 0. The van der Waals surface area contributed by atoms with Gasteiger partial charge in [0.25, 0.3) is 5.91 Å². The van der Waals surface area contributed by atoms with Crippen molar-refractivity contribution < 1.29 is 14.3 Å². The molecule has 7 nitrogen and oxygen atoms in total. The van der Waals surface area contributed by atoms with E-state index in [0.717, 1.165) is 10.9 Å². The number of para-hydroxylation sites is 1. The van der Waals surface area contributed by atoms with Gasteiger partial charge in [0.15, 0.2) is 11.9 Å². The molecule has 31 heavy (non-hydrogen) atoms. The van der Waals surface area contributed by atoms with Crippen LogP contribution >= 0.6 is 0 Å². The largest absolute Gasteiger partial charge is 0.464 e. The molecular weight excluding hydrogens is 392 g/mol. The van der Waals surface area contributed by atoms with E-state index in [1.54, 1.807) is 30.7 Å². The van der Waals surface area contributed by atoms with Crippen LogP contribution in [0, 0.1) is 6.92 Å². The molecule has 1 unspecified atom stereocenters. The molecule has 0 spiro atoms. The van der Waals surface area contributed by atoms with E-state index in [0.29, 0.717) is 22.6 Å². The van der Waals surface area contributed by atoms with Gasteiger partial charge in [-0.2, -0.15) is 5.10 Å². The molecule has 0 saturated heterocycles. The first kappa shape index (κ1) is 20.3. The van der Waals surface area contributed by atoms with E-state index < -0.39 is 17.9 Å². The Kier molecular flexibility index (Phi) is 5.75. The molecular formula is C24H22N4O3. The van der Waals surface area contributed by atoms with Gasteiger partial charge in [-0.25, -0.2) is 14.5 Å². The number of esters is 1. The van der Waals surface area contributed by atoms with Crippen molar-refractivity contribution in [2.75, 3.05) is 6.61 Å². The molecule has 2 aromatic heterocycles. The number of nitrogens with one attached hydrogen (secondary N) is 1. The van der Waals surface area contributed by atoms with Gasteiger partial charge in [0.2, 0.25) is 0 Å². The predicted octanol–water partition coefficient (Wildman–Crippen LogP) is 3.76. The first-order valence-corrected chi connectivity index (χ1v) is 10.0. The number of aromatic nitrogens is 3. The number of nitrogens with zero attached hydrogens (tertiary/aromatic N) is 3. The monoisotopic (exact) mass is 414 g/mol. The van der Waals surface area contributed by atoms with Gasteiger partial charge in [-0.15, -0.1) is 0 Å². The number of amides is 1. The van der Waals surface area contributed by atoms with Crippen molar-refractivity contribution in [2.45, 2.75) is 19.9 Å². The molecule has 0 bridgehead atoms. The van der Waals surface area contributed by atoms with Crippen molar-refractivity contribution in [1.82, 2.24) is 20.1 Å². The van der Waals surface area contributed by atoms with E-state index in [1.807, 2.05) is 54.6 Å². The predicted molar refractivity (Wildman–Crippen MR) is 117 cm³/mol. The summed E-state index contributed by atoms with van der Waals surface area (Å²) in [6.07, 6.45) is 1.48. The third kappa shape index (κ3) is 4.16. The minimum atomic E-state index is -0.907. The molecule has 4 aromatic rings. The lowest BCUT2D eigenvalue weighted by molar-refractivity contribution is -0.145. The van der Waals surface area contributed by atoms with Crippen LogP contribution in [-0.2, 0) is 9.53 Å². The summed E-state index contributed by atoms with van der Waals surface area (Å²) in [6.45, 7) is 3.75. The van der Waals surface area contributed by atoms with Crippen LogP contribution in [-0.4, -0.2) is 33.2 Å². The van der Waals surface area contributed by atoms with Crippen LogP contribution in [0.1, 0.15) is 34.6 Å². The first-order valence-electron chi connectivity index (χ1n) is 10.0. The Morgan fingerprint density at radius 3 is 2.55 bits per heavy atom. The lowest BCUT2D eigenvalue weighted by atomic mass is 10.1. The summed E-state index contributed by atoms with van der Waals surface area (Å²) < 4.78 is 6.77. The fourth-order valence-corrected chi connectivity index (χ4v) is 3.39. The Balaban J connectivity index is 1.62. The van der Waals surface area contributed by atoms with E-state index in [2.05, 4.69) is 15.4 Å². The van der Waals surface area contributed by atoms with Crippen molar-refractivity contribution >= 4 is 22.8 Å². The fourth-order valence-electron chi connectivity index (χ4n) is 3.39. The van der Waals surface area contributed by atoms with Gasteiger partial charge in [0.05, 0.1) is 29.6 Å². The summed E-state index contributed by atoms with van der Waals surface area (Å²) in [5, 5.41) is 8.16. The van der Waals surface area contributed by atoms with Gasteiger partial charge < -0.3 is 10.1 Å². The average Bonchev–Trinajstić information content (AvgIpc) is 3.19. The van der Waals surface area contributed by atoms with Gasteiger partial charge in [-0.05, 0) is 37.6 Å². The summed E-state index contributed by atoms with van der Waals surface area (Å²) in [5.74, 6) is -0.310. The third-order valence-electron chi connectivity index (χ3n) is 4.99. The van der Waals surface area contributed by atoms with Crippen LogP contribution in [0.5, 0.6) is 0 Å². The van der Waals surface area contributed by atoms with Gasteiger partial charge in [-0.3, -0.25) is 4.79 Å². The van der Waals surface area contributed by atoms with Crippen molar-refractivity contribution in [3.05, 3.63) is 89.7 Å². The molecule has 0 fully saturated rings. The Morgan fingerprint density at radius 2 is 1.77 bits per heavy atom. The lowest BCUT2D eigenvalue weighted by Crippen LogP contribution is -2.35. The highest BCUT2D eigenvalue weighted by atomic mass is 16.5. The number of fused-ring (bicyclic) bond motifs is 1. The zero-order valence-corrected chi connectivity index (χ0v) is 17.3. The van der Waals surface area contributed by atoms with Crippen LogP contribution in [0.2, 0.25) is 0 Å². The van der Waals surface area contributed by atoms with Crippen molar-refractivity contribution in [2.24, 2.45) is 0 Å². The Bertz CT molecular complexity index is 1230. The van der Waals surface area contributed by atoms with Crippen LogP contribution in [0.15, 0.2) is 72.9 Å². The maximum absolute atomic E-state index is 13.0. The van der Waals surface area contributed by atoms with Crippen LogP contribution in [0.4, 0.5) is 0 Å². The van der Waals surface area contributed by atoms with E-state index in [4.69, 9.17) is 4.74 Å². The number of hydrogen-bond acceptors (Lipinski definition) is 5. The summed E-state index contributed by atoms with van der Waals surface area (Å²) in [4.78, 5) is 30.1. The topological polar surface area (TPSA) is 86.1 Å². The second-order valence-electron chi connectivity index (χ2n) is 6.99. The summed E-state index contributed by atoms with van der Waals surface area (Å²) in [5.41, 5.74) is 2.47. The zero-order chi connectivity index (χ0) is 21.8. The van der Waals surface area contributed by atoms with Gasteiger partial charge in [0.1, 0.15) is 0 Å². The Hall–Kier alpha value is -4.00. The number of carbonyl (C=O) groups is 2. The van der Waals surface area contributed by atoms with E-state index in [9.17, 15) is 9.59 Å². The smallest absolute Gasteiger partial charge is 0.333 e. The Labute approximate surface area is 179 Å². The van der Waals surface area contributed by atoms with Gasteiger partial charge >= 0.3 is 5.97 Å². The third-order valence-corrected chi connectivity index (χ3v) is 4.99. The van der Waals surface area contributed by atoms with E-state index in [1.165, 1.54) is 6.20 Å². The SMILES string of the molecule is CCOC(=O)C(NC(=O)c1cnn(-c2ccc3ccccc3n2)c1C)c1ccccc1. The molecule has 0 aliphatic heterocycles. The van der Waals surface area contributed by atoms with Crippen LogP contribution < -0.4 is 5.32 Å². The normalized spacial score (nSPS) is 11.8.